The van der Waals surface area contributed by atoms with E-state index >= 15 is 0 Å². The lowest BCUT2D eigenvalue weighted by Gasteiger charge is -2.24. The third-order valence-corrected chi connectivity index (χ3v) is 6.99. The average Bonchev–Trinajstić information content (AvgIpc) is 3.61. The van der Waals surface area contributed by atoms with Gasteiger partial charge in [0.15, 0.2) is 5.65 Å². The number of aromatic nitrogens is 5. The molecule has 0 bridgehead atoms. The number of nitrogens with one attached hydrogen (secondary N) is 3. The number of H-pyrrole nitrogens is 2. The molecule has 176 valence electrons. The molecule has 6 aromatic rings. The molecule has 1 fully saturated rings. The molecular formula is C28H22N6O2. The van der Waals surface area contributed by atoms with E-state index in [-0.39, 0.29) is 11.8 Å². The van der Waals surface area contributed by atoms with Crippen LogP contribution < -0.4 is 5.32 Å². The van der Waals surface area contributed by atoms with Gasteiger partial charge >= 0.3 is 0 Å². The predicted octanol–water partition coefficient (Wildman–Crippen LogP) is 6.17. The molecule has 5 heterocycles. The smallest absolute Gasteiger partial charge is 0.227 e. The van der Waals surface area contributed by atoms with Gasteiger partial charge in [0, 0.05) is 51.3 Å². The summed E-state index contributed by atoms with van der Waals surface area (Å²) in [5.74, 6) is 0.185. The van der Waals surface area contributed by atoms with E-state index in [1.807, 2.05) is 18.2 Å². The molecule has 3 N–H and O–H groups in total. The lowest BCUT2D eigenvalue weighted by molar-refractivity contribution is -0.122. The van der Waals surface area contributed by atoms with Gasteiger partial charge in [-0.15, -0.1) is 0 Å². The fourth-order valence-electron chi connectivity index (χ4n) is 4.80. The summed E-state index contributed by atoms with van der Waals surface area (Å²) in [6, 6.07) is 14.2. The fourth-order valence-corrected chi connectivity index (χ4v) is 4.80. The van der Waals surface area contributed by atoms with Crippen LogP contribution in [0.3, 0.4) is 0 Å². The van der Waals surface area contributed by atoms with E-state index in [9.17, 15) is 4.79 Å². The molecule has 0 saturated heterocycles. The summed E-state index contributed by atoms with van der Waals surface area (Å²) >= 11 is 0. The molecule has 1 saturated carbocycles. The number of anilines is 1. The number of benzene rings is 1. The van der Waals surface area contributed by atoms with Gasteiger partial charge in [-0.25, -0.2) is 4.98 Å². The zero-order valence-electron chi connectivity index (χ0n) is 19.3. The standard InChI is InChI=1S/C28H22N6O2/c35-28(16-3-1-4-16)31-20-9-18(12-29-14-20)19-10-23-26(33-34-27(23)30-13-19)25-11-22-21(17-7-8-36-15-17)5-2-6-24(22)32-25/h2,5-16,32H,1,3-4H2,(H,31,35)(H,30,33,34). The normalized spacial score (nSPS) is 13.8. The van der Waals surface area contributed by atoms with E-state index in [0.717, 1.165) is 69.2 Å². The van der Waals surface area contributed by atoms with E-state index < -0.39 is 0 Å². The minimum Gasteiger partial charge on any atom is -0.472 e. The summed E-state index contributed by atoms with van der Waals surface area (Å²) in [5, 5.41) is 12.6. The predicted molar refractivity (Wildman–Crippen MR) is 138 cm³/mol. The number of carbonyl (C=O) groups excluding carboxylic acids is 1. The van der Waals surface area contributed by atoms with Crippen LogP contribution >= 0.6 is 0 Å². The minimum absolute atomic E-state index is 0.0690. The van der Waals surface area contributed by atoms with Crippen LogP contribution in [-0.2, 0) is 4.79 Å². The molecule has 0 unspecified atom stereocenters. The van der Waals surface area contributed by atoms with Crippen molar-refractivity contribution >= 4 is 33.5 Å². The maximum Gasteiger partial charge on any atom is 0.227 e. The molecule has 0 spiro atoms. The van der Waals surface area contributed by atoms with E-state index in [0.29, 0.717) is 11.3 Å². The number of hydrogen-bond acceptors (Lipinski definition) is 5. The Morgan fingerprint density at radius 3 is 2.75 bits per heavy atom. The van der Waals surface area contributed by atoms with Gasteiger partial charge in [0.05, 0.1) is 35.8 Å². The van der Waals surface area contributed by atoms with Crippen molar-refractivity contribution in [3.8, 4) is 33.6 Å². The van der Waals surface area contributed by atoms with Crippen LogP contribution in [0.15, 0.2) is 78.0 Å². The van der Waals surface area contributed by atoms with Crippen molar-refractivity contribution in [1.29, 1.82) is 0 Å². The lowest BCUT2D eigenvalue weighted by atomic mass is 9.85. The number of furan rings is 1. The van der Waals surface area contributed by atoms with Crippen LogP contribution in [0.4, 0.5) is 5.69 Å². The number of hydrogen-bond donors (Lipinski definition) is 3. The molecular weight excluding hydrogens is 452 g/mol. The highest BCUT2D eigenvalue weighted by molar-refractivity contribution is 6.01. The van der Waals surface area contributed by atoms with Crippen LogP contribution in [0.25, 0.3) is 55.6 Å². The highest BCUT2D eigenvalue weighted by Crippen LogP contribution is 2.35. The summed E-state index contributed by atoms with van der Waals surface area (Å²) < 4.78 is 5.30. The molecule has 36 heavy (non-hydrogen) atoms. The third-order valence-electron chi connectivity index (χ3n) is 6.99. The molecule has 1 aliphatic rings. The van der Waals surface area contributed by atoms with Crippen molar-refractivity contribution in [2.75, 3.05) is 5.32 Å². The molecule has 1 aliphatic carbocycles. The molecule has 1 amide bonds. The maximum atomic E-state index is 12.4. The van der Waals surface area contributed by atoms with Crippen molar-refractivity contribution in [2.45, 2.75) is 19.3 Å². The Morgan fingerprint density at radius 2 is 1.92 bits per heavy atom. The summed E-state index contributed by atoms with van der Waals surface area (Å²) in [7, 11) is 0. The monoisotopic (exact) mass is 474 g/mol. The average molecular weight is 475 g/mol. The van der Waals surface area contributed by atoms with Gasteiger partial charge in [0.1, 0.15) is 0 Å². The highest BCUT2D eigenvalue weighted by Gasteiger charge is 2.25. The summed E-state index contributed by atoms with van der Waals surface area (Å²) in [4.78, 5) is 24.8. The first kappa shape index (κ1) is 20.6. The lowest BCUT2D eigenvalue weighted by Crippen LogP contribution is -2.28. The van der Waals surface area contributed by atoms with Crippen molar-refractivity contribution < 1.29 is 9.21 Å². The number of aromatic amines is 2. The van der Waals surface area contributed by atoms with Crippen molar-refractivity contribution in [1.82, 2.24) is 25.1 Å². The van der Waals surface area contributed by atoms with Crippen molar-refractivity contribution in [2.24, 2.45) is 5.92 Å². The molecule has 5 aromatic heterocycles. The van der Waals surface area contributed by atoms with Crippen LogP contribution in [0.2, 0.25) is 0 Å². The quantitative estimate of drug-likeness (QED) is 0.277. The van der Waals surface area contributed by atoms with Gasteiger partial charge in [-0.05, 0) is 48.7 Å². The number of carbonyl (C=O) groups is 1. The topological polar surface area (TPSA) is 112 Å². The number of rotatable bonds is 5. The van der Waals surface area contributed by atoms with E-state index in [4.69, 9.17) is 4.42 Å². The Labute approximate surface area is 205 Å². The molecule has 0 atom stereocenters. The summed E-state index contributed by atoms with van der Waals surface area (Å²) in [5.41, 5.74) is 8.02. The zero-order valence-corrected chi connectivity index (χ0v) is 19.3. The zero-order chi connectivity index (χ0) is 24.1. The van der Waals surface area contributed by atoms with Gasteiger partial charge in [0.2, 0.25) is 5.91 Å². The van der Waals surface area contributed by atoms with Crippen LogP contribution in [0, 0.1) is 5.92 Å². The second kappa shape index (κ2) is 8.20. The number of amides is 1. The second-order valence-electron chi connectivity index (χ2n) is 9.23. The van der Waals surface area contributed by atoms with Crippen LogP contribution in [0.5, 0.6) is 0 Å². The number of pyridine rings is 2. The first-order chi connectivity index (χ1) is 17.7. The van der Waals surface area contributed by atoms with Gasteiger partial charge in [-0.1, -0.05) is 18.6 Å². The summed E-state index contributed by atoms with van der Waals surface area (Å²) in [6.07, 6.45) is 11.7. The maximum absolute atomic E-state index is 12.4. The van der Waals surface area contributed by atoms with E-state index in [1.54, 1.807) is 31.1 Å². The number of fused-ring (bicyclic) bond motifs is 2. The Kier molecular flexibility index (Phi) is 4.70. The Morgan fingerprint density at radius 1 is 1.00 bits per heavy atom. The van der Waals surface area contributed by atoms with Gasteiger partial charge in [-0.3, -0.25) is 14.9 Å². The Balaban J connectivity index is 1.26. The molecule has 0 aliphatic heterocycles. The minimum atomic E-state index is 0.0690. The van der Waals surface area contributed by atoms with Crippen molar-refractivity contribution in [3.63, 3.8) is 0 Å². The SMILES string of the molecule is O=C(Nc1cncc(-c2cnc3n[nH]c(-c4cc5c(-c6ccoc6)cccc5[nH]4)c3c2)c1)C1CCC1. The Hall–Kier alpha value is -4.72. The first-order valence-electron chi connectivity index (χ1n) is 12.0. The first-order valence-corrected chi connectivity index (χ1v) is 12.0. The van der Waals surface area contributed by atoms with Crippen molar-refractivity contribution in [3.05, 3.63) is 73.6 Å². The largest absolute Gasteiger partial charge is 0.472 e. The molecule has 8 heteroatoms. The fraction of sp³-hybridized carbons (Fsp3) is 0.143. The van der Waals surface area contributed by atoms with Crippen LogP contribution in [-0.4, -0.2) is 31.1 Å². The van der Waals surface area contributed by atoms with Crippen LogP contribution in [0.1, 0.15) is 19.3 Å². The van der Waals surface area contributed by atoms with E-state index in [1.165, 1.54) is 0 Å². The highest BCUT2D eigenvalue weighted by atomic mass is 16.3. The molecule has 7 rings (SSSR count). The molecule has 0 radical (unpaired) electrons. The third kappa shape index (κ3) is 3.46. The Bertz CT molecular complexity index is 1730. The van der Waals surface area contributed by atoms with E-state index in [2.05, 4.69) is 54.7 Å². The van der Waals surface area contributed by atoms with Gasteiger partial charge in [-0.2, -0.15) is 5.10 Å². The molecule has 1 aromatic carbocycles. The van der Waals surface area contributed by atoms with Gasteiger partial charge in [0.25, 0.3) is 0 Å². The molecule has 8 nitrogen and oxygen atoms in total. The number of nitrogens with zero attached hydrogens (tertiary/aromatic N) is 3. The second-order valence-corrected chi connectivity index (χ2v) is 9.23. The van der Waals surface area contributed by atoms with Gasteiger partial charge < -0.3 is 14.7 Å². The summed E-state index contributed by atoms with van der Waals surface area (Å²) in [6.45, 7) is 0.